The molecule has 1 aromatic heterocycles. The standard InChI is InChI=1S/C15H17BrN2/c16-13-4-1-3-12(9-13)11-18-8-2-5-15(18)10-17-14-6-7-14/h1-5,8-9,14,17H,6-7,10-11H2. The number of rotatable bonds is 5. The molecule has 2 aromatic rings. The lowest BCUT2D eigenvalue weighted by Crippen LogP contribution is -2.18. The molecule has 3 heteroatoms. The van der Waals surface area contributed by atoms with Crippen LogP contribution in [0.5, 0.6) is 0 Å². The second kappa shape index (κ2) is 5.29. The molecule has 0 atom stereocenters. The first-order valence-electron chi connectivity index (χ1n) is 6.43. The van der Waals surface area contributed by atoms with Gasteiger partial charge in [0.05, 0.1) is 0 Å². The highest BCUT2D eigenvalue weighted by Gasteiger charge is 2.20. The zero-order valence-corrected chi connectivity index (χ0v) is 11.9. The van der Waals surface area contributed by atoms with Crippen LogP contribution in [0.4, 0.5) is 0 Å². The Morgan fingerprint density at radius 1 is 1.22 bits per heavy atom. The molecular formula is C15H17BrN2. The lowest BCUT2D eigenvalue weighted by molar-refractivity contribution is 0.634. The first-order chi connectivity index (χ1) is 8.81. The molecular weight excluding hydrogens is 288 g/mol. The van der Waals surface area contributed by atoms with E-state index in [1.165, 1.54) is 24.1 Å². The molecule has 0 aliphatic heterocycles. The Balaban J connectivity index is 1.69. The maximum Gasteiger partial charge on any atom is 0.0473 e. The summed E-state index contributed by atoms with van der Waals surface area (Å²) in [5.41, 5.74) is 2.69. The van der Waals surface area contributed by atoms with Crippen LogP contribution in [-0.4, -0.2) is 10.6 Å². The van der Waals surface area contributed by atoms with Crippen molar-refractivity contribution in [2.24, 2.45) is 0 Å². The topological polar surface area (TPSA) is 17.0 Å². The van der Waals surface area contributed by atoms with Crippen LogP contribution in [0.1, 0.15) is 24.1 Å². The molecule has 1 aromatic carbocycles. The predicted molar refractivity (Wildman–Crippen MR) is 77.5 cm³/mol. The summed E-state index contributed by atoms with van der Waals surface area (Å²) in [6.45, 7) is 1.92. The molecule has 94 valence electrons. The summed E-state index contributed by atoms with van der Waals surface area (Å²) in [4.78, 5) is 0. The van der Waals surface area contributed by atoms with Crippen molar-refractivity contribution in [3.05, 3.63) is 58.3 Å². The molecule has 0 amide bonds. The van der Waals surface area contributed by atoms with E-state index < -0.39 is 0 Å². The van der Waals surface area contributed by atoms with Gasteiger partial charge in [-0.05, 0) is 42.7 Å². The van der Waals surface area contributed by atoms with Crippen molar-refractivity contribution in [3.8, 4) is 0 Å². The minimum absolute atomic E-state index is 0.763. The Hall–Kier alpha value is -1.06. The van der Waals surface area contributed by atoms with Gasteiger partial charge in [0.2, 0.25) is 0 Å². The Morgan fingerprint density at radius 2 is 2.11 bits per heavy atom. The van der Waals surface area contributed by atoms with Crippen LogP contribution in [0.15, 0.2) is 47.1 Å². The quantitative estimate of drug-likeness (QED) is 0.894. The molecule has 18 heavy (non-hydrogen) atoms. The van der Waals surface area contributed by atoms with Gasteiger partial charge >= 0.3 is 0 Å². The normalized spacial score (nSPS) is 14.9. The number of hydrogen-bond donors (Lipinski definition) is 1. The summed E-state index contributed by atoms with van der Waals surface area (Å²) in [6.07, 6.45) is 4.84. The fourth-order valence-corrected chi connectivity index (χ4v) is 2.58. The summed E-state index contributed by atoms with van der Waals surface area (Å²) in [6, 6.07) is 13.6. The average Bonchev–Trinajstić information content (AvgIpc) is 3.08. The van der Waals surface area contributed by atoms with Crippen molar-refractivity contribution < 1.29 is 0 Å². The van der Waals surface area contributed by atoms with Crippen LogP contribution < -0.4 is 5.32 Å². The molecule has 0 spiro atoms. The third kappa shape index (κ3) is 3.03. The first-order valence-corrected chi connectivity index (χ1v) is 7.22. The van der Waals surface area contributed by atoms with Gasteiger partial charge in [-0.15, -0.1) is 0 Å². The zero-order chi connectivity index (χ0) is 12.4. The fraction of sp³-hybridized carbons (Fsp3) is 0.333. The van der Waals surface area contributed by atoms with Crippen LogP contribution in [-0.2, 0) is 13.1 Å². The first kappa shape index (κ1) is 12.0. The molecule has 3 rings (SSSR count). The minimum Gasteiger partial charge on any atom is -0.346 e. The lowest BCUT2D eigenvalue weighted by atomic mass is 10.2. The SMILES string of the molecule is Brc1cccc(Cn2cccc2CNC2CC2)c1. The molecule has 0 bridgehead atoms. The monoisotopic (exact) mass is 304 g/mol. The molecule has 0 radical (unpaired) electrons. The molecule has 1 N–H and O–H groups in total. The van der Waals surface area contributed by atoms with Gasteiger partial charge in [0.1, 0.15) is 0 Å². The number of aromatic nitrogens is 1. The molecule has 1 aliphatic carbocycles. The third-order valence-corrected chi connectivity index (χ3v) is 3.81. The highest BCUT2D eigenvalue weighted by Crippen LogP contribution is 2.20. The van der Waals surface area contributed by atoms with E-state index in [9.17, 15) is 0 Å². The van der Waals surface area contributed by atoms with Crippen molar-refractivity contribution in [2.45, 2.75) is 32.0 Å². The second-order valence-corrected chi connectivity index (χ2v) is 5.83. The molecule has 1 heterocycles. The smallest absolute Gasteiger partial charge is 0.0473 e. The summed E-state index contributed by atoms with van der Waals surface area (Å²) in [7, 11) is 0. The van der Waals surface area contributed by atoms with Crippen LogP contribution in [0.2, 0.25) is 0 Å². The van der Waals surface area contributed by atoms with Crippen molar-refractivity contribution in [3.63, 3.8) is 0 Å². The van der Waals surface area contributed by atoms with Crippen molar-refractivity contribution in [1.29, 1.82) is 0 Å². The van der Waals surface area contributed by atoms with Crippen LogP contribution in [0, 0.1) is 0 Å². The van der Waals surface area contributed by atoms with Crippen LogP contribution >= 0.6 is 15.9 Å². The van der Waals surface area contributed by atoms with Crippen molar-refractivity contribution in [1.82, 2.24) is 9.88 Å². The Bertz CT molecular complexity index is 529. The summed E-state index contributed by atoms with van der Waals surface area (Å²) < 4.78 is 3.46. The fourth-order valence-electron chi connectivity index (χ4n) is 2.13. The van der Waals surface area contributed by atoms with Gasteiger partial charge in [-0.2, -0.15) is 0 Å². The van der Waals surface area contributed by atoms with Gasteiger partial charge in [-0.25, -0.2) is 0 Å². The largest absolute Gasteiger partial charge is 0.346 e. The van der Waals surface area contributed by atoms with Gasteiger partial charge in [-0.3, -0.25) is 0 Å². The maximum atomic E-state index is 3.57. The number of nitrogens with zero attached hydrogens (tertiary/aromatic N) is 1. The van der Waals surface area contributed by atoms with Crippen molar-refractivity contribution in [2.75, 3.05) is 0 Å². The molecule has 2 nitrogen and oxygen atoms in total. The summed E-state index contributed by atoms with van der Waals surface area (Å²) >= 11 is 3.52. The minimum atomic E-state index is 0.763. The van der Waals surface area contributed by atoms with E-state index in [0.717, 1.165) is 23.6 Å². The van der Waals surface area contributed by atoms with E-state index in [0.29, 0.717) is 0 Å². The van der Waals surface area contributed by atoms with Gasteiger partial charge in [0.25, 0.3) is 0 Å². The molecule has 0 saturated heterocycles. The molecule has 1 aliphatic rings. The Labute approximate surface area is 116 Å². The molecule has 1 saturated carbocycles. The predicted octanol–water partition coefficient (Wildman–Crippen LogP) is 3.55. The van der Waals surface area contributed by atoms with Gasteiger partial charge in [0, 0.05) is 35.5 Å². The lowest BCUT2D eigenvalue weighted by Gasteiger charge is -2.10. The van der Waals surface area contributed by atoms with Gasteiger partial charge < -0.3 is 9.88 Å². The summed E-state index contributed by atoms with van der Waals surface area (Å²) in [5.74, 6) is 0. The second-order valence-electron chi connectivity index (χ2n) is 4.91. The van der Waals surface area contributed by atoms with E-state index in [4.69, 9.17) is 0 Å². The van der Waals surface area contributed by atoms with Crippen LogP contribution in [0.3, 0.4) is 0 Å². The zero-order valence-electron chi connectivity index (χ0n) is 10.3. The highest BCUT2D eigenvalue weighted by atomic mass is 79.9. The average molecular weight is 305 g/mol. The Kier molecular flexibility index (Phi) is 3.52. The number of nitrogens with one attached hydrogen (secondary N) is 1. The van der Waals surface area contributed by atoms with E-state index in [2.05, 4.69) is 68.4 Å². The number of hydrogen-bond acceptors (Lipinski definition) is 1. The molecule has 0 unspecified atom stereocenters. The number of halogens is 1. The third-order valence-electron chi connectivity index (χ3n) is 3.31. The molecule has 1 fully saturated rings. The van der Waals surface area contributed by atoms with E-state index in [1.807, 2.05) is 0 Å². The van der Waals surface area contributed by atoms with Gasteiger partial charge in [-0.1, -0.05) is 28.1 Å². The highest BCUT2D eigenvalue weighted by molar-refractivity contribution is 9.10. The Morgan fingerprint density at radius 3 is 2.89 bits per heavy atom. The maximum absolute atomic E-state index is 3.57. The summed E-state index contributed by atoms with van der Waals surface area (Å²) in [5, 5.41) is 3.57. The van der Waals surface area contributed by atoms with Gasteiger partial charge in [0.15, 0.2) is 0 Å². The van der Waals surface area contributed by atoms with Crippen LogP contribution in [0.25, 0.3) is 0 Å². The van der Waals surface area contributed by atoms with E-state index >= 15 is 0 Å². The van der Waals surface area contributed by atoms with E-state index in [1.54, 1.807) is 0 Å². The van der Waals surface area contributed by atoms with Crippen molar-refractivity contribution >= 4 is 15.9 Å². The number of benzene rings is 1. The van der Waals surface area contributed by atoms with E-state index in [-0.39, 0.29) is 0 Å².